The second kappa shape index (κ2) is 6.39. The molecule has 0 N–H and O–H groups in total. The SMILES string of the molecule is COCc1nc(-c2cc(Cl)cc(Br)c2)oc1C(=O)OC. The molecule has 0 aliphatic carbocycles. The van der Waals surface area contributed by atoms with Gasteiger partial charge in [-0.15, -0.1) is 0 Å². The van der Waals surface area contributed by atoms with Gasteiger partial charge >= 0.3 is 5.97 Å². The van der Waals surface area contributed by atoms with E-state index in [0.717, 1.165) is 4.47 Å². The highest BCUT2D eigenvalue weighted by Gasteiger charge is 2.21. The lowest BCUT2D eigenvalue weighted by Crippen LogP contribution is -2.04. The highest BCUT2D eigenvalue weighted by Crippen LogP contribution is 2.28. The molecule has 0 amide bonds. The van der Waals surface area contributed by atoms with Crippen LogP contribution in [0.1, 0.15) is 16.2 Å². The molecule has 5 nitrogen and oxygen atoms in total. The van der Waals surface area contributed by atoms with Gasteiger partial charge in [0.05, 0.1) is 13.7 Å². The Balaban J connectivity index is 2.49. The molecular formula is C13H11BrClNO4. The Morgan fingerprint density at radius 2 is 2.15 bits per heavy atom. The van der Waals surface area contributed by atoms with Crippen molar-refractivity contribution in [3.05, 3.63) is 39.1 Å². The number of nitrogens with zero attached hydrogens (tertiary/aromatic N) is 1. The summed E-state index contributed by atoms with van der Waals surface area (Å²) >= 11 is 9.32. The monoisotopic (exact) mass is 359 g/mol. The van der Waals surface area contributed by atoms with E-state index < -0.39 is 5.97 Å². The molecule has 1 aromatic heterocycles. The van der Waals surface area contributed by atoms with Gasteiger partial charge in [-0.25, -0.2) is 9.78 Å². The molecule has 0 fully saturated rings. The molecule has 0 saturated carbocycles. The summed E-state index contributed by atoms with van der Waals surface area (Å²) in [6.45, 7) is 0.148. The van der Waals surface area contributed by atoms with Gasteiger partial charge in [0.15, 0.2) is 0 Å². The summed E-state index contributed by atoms with van der Waals surface area (Å²) in [6.07, 6.45) is 0. The van der Waals surface area contributed by atoms with Gasteiger partial charge in [-0.2, -0.15) is 0 Å². The third-order valence-electron chi connectivity index (χ3n) is 2.46. The Kier molecular flexibility index (Phi) is 4.80. The lowest BCUT2D eigenvalue weighted by molar-refractivity contribution is 0.0559. The van der Waals surface area contributed by atoms with Crippen molar-refractivity contribution in [1.82, 2.24) is 4.98 Å². The zero-order chi connectivity index (χ0) is 14.7. The van der Waals surface area contributed by atoms with Crippen molar-refractivity contribution in [3.63, 3.8) is 0 Å². The number of oxazole rings is 1. The van der Waals surface area contributed by atoms with E-state index in [1.165, 1.54) is 14.2 Å². The summed E-state index contributed by atoms with van der Waals surface area (Å²) in [7, 11) is 2.78. The molecular weight excluding hydrogens is 350 g/mol. The van der Waals surface area contributed by atoms with Crippen molar-refractivity contribution in [2.24, 2.45) is 0 Å². The number of methoxy groups -OCH3 is 2. The lowest BCUT2D eigenvalue weighted by Gasteiger charge is -1.98. The number of carbonyl (C=O) groups excluding carboxylic acids is 1. The number of benzene rings is 1. The molecule has 0 aliphatic heterocycles. The Morgan fingerprint density at radius 3 is 2.75 bits per heavy atom. The normalized spacial score (nSPS) is 10.6. The van der Waals surface area contributed by atoms with Crippen LogP contribution in [0.2, 0.25) is 5.02 Å². The molecule has 1 heterocycles. The van der Waals surface area contributed by atoms with E-state index in [4.69, 9.17) is 20.8 Å². The summed E-state index contributed by atoms with van der Waals surface area (Å²) in [4.78, 5) is 15.9. The fourth-order valence-electron chi connectivity index (χ4n) is 1.64. The first kappa shape index (κ1) is 15.0. The van der Waals surface area contributed by atoms with Gasteiger partial charge in [0.1, 0.15) is 5.69 Å². The molecule has 0 bridgehead atoms. The van der Waals surface area contributed by atoms with Crippen LogP contribution in [0.4, 0.5) is 0 Å². The van der Waals surface area contributed by atoms with Crippen molar-refractivity contribution in [3.8, 4) is 11.5 Å². The predicted molar refractivity (Wildman–Crippen MR) is 76.7 cm³/mol. The Morgan fingerprint density at radius 1 is 1.40 bits per heavy atom. The van der Waals surface area contributed by atoms with E-state index in [0.29, 0.717) is 16.3 Å². The van der Waals surface area contributed by atoms with Crippen LogP contribution in [-0.4, -0.2) is 25.2 Å². The summed E-state index contributed by atoms with van der Waals surface area (Å²) in [5, 5.41) is 0.528. The largest absolute Gasteiger partial charge is 0.463 e. The fraction of sp³-hybridized carbons (Fsp3) is 0.231. The Hall–Kier alpha value is -1.37. The summed E-state index contributed by atoms with van der Waals surface area (Å²) < 4.78 is 15.9. The Bertz CT molecular complexity index is 621. The highest BCUT2D eigenvalue weighted by molar-refractivity contribution is 9.10. The van der Waals surface area contributed by atoms with Crippen LogP contribution in [0.5, 0.6) is 0 Å². The van der Waals surface area contributed by atoms with Crippen LogP contribution in [0.15, 0.2) is 27.1 Å². The van der Waals surface area contributed by atoms with E-state index in [9.17, 15) is 4.79 Å². The molecule has 2 aromatic rings. The number of halogens is 2. The first-order valence-corrected chi connectivity index (χ1v) is 6.75. The van der Waals surface area contributed by atoms with Gasteiger partial charge < -0.3 is 13.9 Å². The van der Waals surface area contributed by atoms with Crippen LogP contribution in [-0.2, 0) is 16.1 Å². The molecule has 106 valence electrons. The van der Waals surface area contributed by atoms with E-state index in [-0.39, 0.29) is 18.3 Å². The van der Waals surface area contributed by atoms with Crippen LogP contribution < -0.4 is 0 Å². The summed E-state index contributed by atoms with van der Waals surface area (Å²) in [5.74, 6) is -0.294. The van der Waals surface area contributed by atoms with Crippen molar-refractivity contribution < 1.29 is 18.7 Å². The molecule has 0 radical (unpaired) electrons. The second-order valence-corrected chi connectivity index (χ2v) is 5.23. The van der Waals surface area contributed by atoms with E-state index in [1.54, 1.807) is 18.2 Å². The van der Waals surface area contributed by atoms with Gasteiger partial charge in [0, 0.05) is 22.2 Å². The van der Waals surface area contributed by atoms with Gasteiger partial charge in [-0.05, 0) is 18.2 Å². The minimum absolute atomic E-state index is 0.0282. The summed E-state index contributed by atoms with van der Waals surface area (Å²) in [6, 6.07) is 5.22. The number of carbonyl (C=O) groups is 1. The van der Waals surface area contributed by atoms with Crippen LogP contribution in [0, 0.1) is 0 Å². The first-order chi connectivity index (χ1) is 9.55. The molecule has 20 heavy (non-hydrogen) atoms. The minimum Gasteiger partial charge on any atom is -0.463 e. The number of hydrogen-bond donors (Lipinski definition) is 0. The predicted octanol–water partition coefficient (Wildman–Crippen LogP) is 3.69. The van der Waals surface area contributed by atoms with Crippen molar-refractivity contribution in [1.29, 1.82) is 0 Å². The number of esters is 1. The third-order valence-corrected chi connectivity index (χ3v) is 3.13. The number of aromatic nitrogens is 1. The number of ether oxygens (including phenoxy) is 2. The van der Waals surface area contributed by atoms with Crippen LogP contribution in [0.3, 0.4) is 0 Å². The first-order valence-electron chi connectivity index (χ1n) is 5.58. The molecule has 1 aromatic carbocycles. The van der Waals surface area contributed by atoms with Crippen molar-refractivity contribution in [2.45, 2.75) is 6.61 Å². The van der Waals surface area contributed by atoms with Crippen molar-refractivity contribution in [2.75, 3.05) is 14.2 Å². The average molecular weight is 361 g/mol. The van der Waals surface area contributed by atoms with Crippen LogP contribution >= 0.6 is 27.5 Å². The number of rotatable bonds is 4. The minimum atomic E-state index is -0.600. The van der Waals surface area contributed by atoms with Gasteiger partial charge in [-0.3, -0.25) is 0 Å². The Labute approximate surface area is 129 Å². The van der Waals surface area contributed by atoms with Crippen molar-refractivity contribution >= 4 is 33.5 Å². The second-order valence-electron chi connectivity index (χ2n) is 3.88. The lowest BCUT2D eigenvalue weighted by atomic mass is 10.2. The zero-order valence-electron chi connectivity index (χ0n) is 10.8. The maximum atomic E-state index is 11.6. The topological polar surface area (TPSA) is 61.6 Å². The highest BCUT2D eigenvalue weighted by atomic mass is 79.9. The standard InChI is InChI=1S/C13H11BrClNO4/c1-18-6-10-11(13(17)19-2)20-12(16-10)7-3-8(14)5-9(15)4-7/h3-5H,6H2,1-2H3. The van der Waals surface area contributed by atoms with Gasteiger partial charge in [0.25, 0.3) is 0 Å². The maximum Gasteiger partial charge on any atom is 0.376 e. The third kappa shape index (κ3) is 3.20. The van der Waals surface area contributed by atoms with Gasteiger partial charge in [-0.1, -0.05) is 27.5 Å². The maximum absolute atomic E-state index is 11.6. The molecule has 0 atom stereocenters. The molecule has 0 saturated heterocycles. The number of hydrogen-bond acceptors (Lipinski definition) is 5. The fourth-order valence-corrected chi connectivity index (χ4v) is 2.50. The van der Waals surface area contributed by atoms with E-state index in [1.807, 2.05) is 0 Å². The van der Waals surface area contributed by atoms with E-state index >= 15 is 0 Å². The summed E-state index contributed by atoms with van der Waals surface area (Å²) in [5.41, 5.74) is 1.03. The zero-order valence-corrected chi connectivity index (χ0v) is 13.1. The quantitative estimate of drug-likeness (QED) is 0.778. The van der Waals surface area contributed by atoms with Gasteiger partial charge in [0.2, 0.25) is 11.7 Å². The molecule has 2 rings (SSSR count). The smallest absolute Gasteiger partial charge is 0.376 e. The molecule has 7 heteroatoms. The van der Waals surface area contributed by atoms with Crippen LogP contribution in [0.25, 0.3) is 11.5 Å². The molecule has 0 unspecified atom stereocenters. The molecule has 0 spiro atoms. The average Bonchev–Trinajstić information content (AvgIpc) is 2.81. The van der Waals surface area contributed by atoms with E-state index in [2.05, 4.69) is 25.7 Å². The molecule has 0 aliphatic rings.